The SMILES string of the molecule is NS(=O)(=O)c1cc(CNC(=O)CSCC(=O)O)ccc1F. The lowest BCUT2D eigenvalue weighted by Gasteiger charge is -2.07. The Morgan fingerprint density at radius 2 is 2.00 bits per heavy atom. The fourth-order valence-electron chi connectivity index (χ4n) is 1.36. The van der Waals surface area contributed by atoms with Crippen molar-refractivity contribution in [2.75, 3.05) is 11.5 Å². The molecule has 0 aliphatic carbocycles. The normalized spacial score (nSPS) is 11.1. The maximum atomic E-state index is 13.3. The number of aliphatic carboxylic acids is 1. The quantitative estimate of drug-likeness (QED) is 0.638. The van der Waals surface area contributed by atoms with Crippen LogP contribution >= 0.6 is 11.8 Å². The van der Waals surface area contributed by atoms with Crippen molar-refractivity contribution >= 4 is 33.7 Å². The number of carboxylic acid groups (broad SMARTS) is 1. The van der Waals surface area contributed by atoms with Gasteiger partial charge in [-0.2, -0.15) is 0 Å². The molecule has 1 amide bonds. The highest BCUT2D eigenvalue weighted by Crippen LogP contribution is 2.14. The zero-order chi connectivity index (χ0) is 16.0. The Kier molecular flexibility index (Phi) is 6.12. The molecular weight excluding hydrogens is 323 g/mol. The van der Waals surface area contributed by atoms with Gasteiger partial charge in [0.2, 0.25) is 15.9 Å². The number of hydrogen-bond donors (Lipinski definition) is 3. The molecule has 0 saturated carbocycles. The molecule has 7 nitrogen and oxygen atoms in total. The second-order valence-electron chi connectivity index (χ2n) is 3.97. The second kappa shape index (κ2) is 7.38. The lowest BCUT2D eigenvalue weighted by Crippen LogP contribution is -2.25. The highest BCUT2D eigenvalue weighted by molar-refractivity contribution is 8.00. The Morgan fingerprint density at radius 1 is 1.33 bits per heavy atom. The van der Waals surface area contributed by atoms with E-state index >= 15 is 0 Å². The Bertz CT molecular complexity index is 648. The number of primary sulfonamides is 1. The van der Waals surface area contributed by atoms with Crippen molar-refractivity contribution in [2.24, 2.45) is 5.14 Å². The van der Waals surface area contributed by atoms with Gasteiger partial charge in [-0.1, -0.05) is 6.07 Å². The molecule has 0 radical (unpaired) electrons. The van der Waals surface area contributed by atoms with Crippen LogP contribution in [-0.2, 0) is 26.2 Å². The lowest BCUT2D eigenvalue weighted by molar-refractivity contribution is -0.133. The fourth-order valence-corrected chi connectivity index (χ4v) is 2.58. The maximum Gasteiger partial charge on any atom is 0.313 e. The summed E-state index contributed by atoms with van der Waals surface area (Å²) in [7, 11) is -4.18. The van der Waals surface area contributed by atoms with Crippen LogP contribution in [0.4, 0.5) is 4.39 Å². The molecule has 21 heavy (non-hydrogen) atoms. The highest BCUT2D eigenvalue weighted by Gasteiger charge is 2.15. The van der Waals surface area contributed by atoms with Crippen molar-refractivity contribution in [3.63, 3.8) is 0 Å². The second-order valence-corrected chi connectivity index (χ2v) is 6.49. The van der Waals surface area contributed by atoms with E-state index in [1.54, 1.807) is 0 Å². The molecule has 0 spiro atoms. The van der Waals surface area contributed by atoms with Gasteiger partial charge in [0.15, 0.2) is 0 Å². The van der Waals surface area contributed by atoms with Crippen molar-refractivity contribution in [1.82, 2.24) is 5.32 Å². The summed E-state index contributed by atoms with van der Waals surface area (Å²) in [5.41, 5.74) is 0.358. The highest BCUT2D eigenvalue weighted by atomic mass is 32.2. The van der Waals surface area contributed by atoms with Crippen molar-refractivity contribution < 1.29 is 27.5 Å². The summed E-state index contributed by atoms with van der Waals surface area (Å²) < 4.78 is 35.6. The van der Waals surface area contributed by atoms with Crippen LogP contribution in [0, 0.1) is 5.82 Å². The van der Waals surface area contributed by atoms with Crippen LogP contribution in [0.3, 0.4) is 0 Å². The van der Waals surface area contributed by atoms with Crippen LogP contribution in [-0.4, -0.2) is 36.9 Å². The standard InChI is InChI=1S/C11H13FN2O5S2/c12-8-2-1-7(3-9(8)21(13,18)19)4-14-10(15)5-20-6-11(16)17/h1-3H,4-6H2,(H,14,15)(H,16,17)(H2,13,18,19). The summed E-state index contributed by atoms with van der Waals surface area (Å²) in [6.45, 7) is -0.0186. The van der Waals surface area contributed by atoms with E-state index in [-0.39, 0.29) is 18.1 Å². The molecule has 116 valence electrons. The molecule has 0 aliphatic rings. The lowest BCUT2D eigenvalue weighted by atomic mass is 10.2. The van der Waals surface area contributed by atoms with Crippen LogP contribution in [0.1, 0.15) is 5.56 Å². The number of halogens is 1. The van der Waals surface area contributed by atoms with Crippen molar-refractivity contribution in [3.8, 4) is 0 Å². The summed E-state index contributed by atoms with van der Waals surface area (Å²) >= 11 is 0.927. The predicted molar refractivity (Wildman–Crippen MR) is 74.6 cm³/mol. The molecule has 1 rings (SSSR count). The molecule has 0 aromatic heterocycles. The first-order valence-corrected chi connectivity index (χ1v) is 8.27. The van der Waals surface area contributed by atoms with E-state index in [1.165, 1.54) is 6.07 Å². The fraction of sp³-hybridized carbons (Fsp3) is 0.273. The van der Waals surface area contributed by atoms with Crippen LogP contribution in [0.5, 0.6) is 0 Å². The van der Waals surface area contributed by atoms with Gasteiger partial charge in [0.1, 0.15) is 10.7 Å². The van der Waals surface area contributed by atoms with E-state index in [0.717, 1.165) is 23.9 Å². The maximum absolute atomic E-state index is 13.3. The Labute approximate surface area is 124 Å². The molecule has 0 saturated heterocycles. The monoisotopic (exact) mass is 336 g/mol. The van der Waals surface area contributed by atoms with Gasteiger partial charge in [-0.15, -0.1) is 11.8 Å². The van der Waals surface area contributed by atoms with Gasteiger partial charge in [-0.25, -0.2) is 17.9 Å². The smallest absolute Gasteiger partial charge is 0.313 e. The third-order valence-electron chi connectivity index (χ3n) is 2.25. The Hall–Kier alpha value is -1.65. The third kappa shape index (κ3) is 6.10. The summed E-state index contributed by atoms with van der Waals surface area (Å²) in [6, 6.07) is 3.30. The number of nitrogens with two attached hydrogens (primary N) is 1. The first-order valence-electron chi connectivity index (χ1n) is 5.57. The number of sulfonamides is 1. The molecule has 1 aromatic rings. The van der Waals surface area contributed by atoms with Crippen LogP contribution in [0.25, 0.3) is 0 Å². The van der Waals surface area contributed by atoms with E-state index in [2.05, 4.69) is 5.32 Å². The molecule has 10 heteroatoms. The molecule has 0 fully saturated rings. The number of hydrogen-bond acceptors (Lipinski definition) is 5. The average Bonchev–Trinajstić information content (AvgIpc) is 2.36. The van der Waals surface area contributed by atoms with E-state index in [0.29, 0.717) is 5.56 Å². The van der Waals surface area contributed by atoms with Gasteiger partial charge in [-0.05, 0) is 17.7 Å². The zero-order valence-corrected chi connectivity index (χ0v) is 12.3. The number of thioether (sulfide) groups is 1. The van der Waals surface area contributed by atoms with Gasteiger partial charge in [0.05, 0.1) is 11.5 Å². The topological polar surface area (TPSA) is 127 Å². The summed E-state index contributed by atoms with van der Waals surface area (Å²) in [5.74, 6) is -2.65. The molecule has 0 atom stereocenters. The minimum Gasteiger partial charge on any atom is -0.481 e. The molecule has 0 unspecified atom stereocenters. The summed E-state index contributed by atoms with van der Waals surface area (Å²) in [6.07, 6.45) is 0. The molecular formula is C11H13FN2O5S2. The van der Waals surface area contributed by atoms with Crippen LogP contribution in [0.15, 0.2) is 23.1 Å². The first kappa shape index (κ1) is 17.4. The zero-order valence-electron chi connectivity index (χ0n) is 10.7. The molecule has 0 heterocycles. The Balaban J connectivity index is 2.60. The van der Waals surface area contributed by atoms with Crippen LogP contribution in [0.2, 0.25) is 0 Å². The summed E-state index contributed by atoms with van der Waals surface area (Å²) in [4.78, 5) is 21.0. The molecule has 4 N–H and O–H groups in total. The number of carboxylic acids is 1. The van der Waals surface area contributed by atoms with Gasteiger partial charge in [-0.3, -0.25) is 9.59 Å². The summed E-state index contributed by atoms with van der Waals surface area (Å²) in [5, 5.41) is 15.7. The number of benzene rings is 1. The van der Waals surface area contributed by atoms with E-state index in [9.17, 15) is 22.4 Å². The van der Waals surface area contributed by atoms with E-state index < -0.39 is 32.6 Å². The first-order chi connectivity index (χ1) is 9.70. The number of carbonyl (C=O) groups is 2. The van der Waals surface area contributed by atoms with Gasteiger partial charge >= 0.3 is 5.97 Å². The minimum atomic E-state index is -4.18. The van der Waals surface area contributed by atoms with Gasteiger partial charge in [0, 0.05) is 6.54 Å². The molecule has 0 bridgehead atoms. The number of rotatable bonds is 7. The minimum absolute atomic E-state index is 0.0186. The number of carbonyl (C=O) groups excluding carboxylic acids is 1. The molecule has 1 aromatic carbocycles. The largest absolute Gasteiger partial charge is 0.481 e. The predicted octanol–water partition coefficient (Wildman–Crippen LogP) is -0.0929. The average molecular weight is 336 g/mol. The van der Waals surface area contributed by atoms with Crippen LogP contribution < -0.4 is 10.5 Å². The Morgan fingerprint density at radius 3 is 2.57 bits per heavy atom. The van der Waals surface area contributed by atoms with Crippen molar-refractivity contribution in [3.05, 3.63) is 29.6 Å². The third-order valence-corrected chi connectivity index (χ3v) is 4.09. The van der Waals surface area contributed by atoms with E-state index in [4.69, 9.17) is 10.2 Å². The van der Waals surface area contributed by atoms with Gasteiger partial charge < -0.3 is 10.4 Å². The van der Waals surface area contributed by atoms with E-state index in [1.807, 2.05) is 0 Å². The number of amides is 1. The number of nitrogens with one attached hydrogen (secondary N) is 1. The van der Waals surface area contributed by atoms with Gasteiger partial charge in [0.25, 0.3) is 0 Å². The van der Waals surface area contributed by atoms with Crippen molar-refractivity contribution in [1.29, 1.82) is 0 Å². The molecule has 0 aliphatic heterocycles. The van der Waals surface area contributed by atoms with Crippen molar-refractivity contribution in [2.45, 2.75) is 11.4 Å².